The van der Waals surface area contributed by atoms with E-state index >= 15 is 0 Å². The molecule has 5 nitrogen and oxygen atoms in total. The Morgan fingerprint density at radius 3 is 2.48 bits per heavy atom. The van der Waals surface area contributed by atoms with Crippen molar-refractivity contribution in [2.24, 2.45) is 0 Å². The largest absolute Gasteiger partial charge is 0.298 e. The van der Waals surface area contributed by atoms with Gasteiger partial charge in [-0.25, -0.2) is 12.4 Å². The Bertz CT molecular complexity index is 994. The topological polar surface area (TPSA) is 69.0 Å². The Morgan fingerprint density at radius 1 is 1.12 bits per heavy atom. The minimum Gasteiger partial charge on any atom is -0.298 e. The highest BCUT2D eigenvalue weighted by Gasteiger charge is 2.29. The van der Waals surface area contributed by atoms with Crippen LogP contribution in [-0.2, 0) is 10.0 Å². The average molecular weight is 352 g/mol. The third-order valence-corrected chi connectivity index (χ3v) is 5.79. The van der Waals surface area contributed by atoms with Crippen LogP contribution < -0.4 is 0 Å². The lowest BCUT2D eigenvalue weighted by Gasteiger charge is -2.17. The Balaban J connectivity index is 2.19. The van der Waals surface area contributed by atoms with Gasteiger partial charge < -0.3 is 0 Å². The third-order valence-electron chi connectivity index (χ3n) is 3.83. The van der Waals surface area contributed by atoms with E-state index in [0.717, 1.165) is 3.97 Å². The van der Waals surface area contributed by atoms with Gasteiger partial charge in [-0.3, -0.25) is 9.78 Å². The van der Waals surface area contributed by atoms with Crippen LogP contribution in [-0.4, -0.2) is 23.7 Å². The van der Waals surface area contributed by atoms with Gasteiger partial charge in [0.05, 0.1) is 5.69 Å². The highest BCUT2D eigenvalue weighted by Crippen LogP contribution is 2.31. The number of pyridine rings is 1. The molecule has 0 N–H and O–H groups in total. The van der Waals surface area contributed by atoms with Gasteiger partial charge >= 0.3 is 0 Å². The van der Waals surface area contributed by atoms with Gasteiger partial charge in [0, 0.05) is 24.2 Å². The van der Waals surface area contributed by atoms with E-state index in [-0.39, 0.29) is 5.56 Å². The summed E-state index contributed by atoms with van der Waals surface area (Å²) in [6.07, 6.45) is 6.40. The molecule has 0 aliphatic heterocycles. The van der Waals surface area contributed by atoms with Crippen LogP contribution in [0.5, 0.6) is 0 Å². The van der Waals surface area contributed by atoms with E-state index in [2.05, 4.69) is 11.6 Å². The Labute approximate surface area is 146 Å². The molecule has 0 saturated heterocycles. The molecule has 25 heavy (non-hydrogen) atoms. The number of nitrogens with zero attached hydrogens (tertiary/aromatic N) is 2. The monoisotopic (exact) mass is 352 g/mol. The minimum atomic E-state index is -3.87. The lowest BCUT2D eigenvalue weighted by Crippen LogP contribution is -2.20. The zero-order valence-electron chi connectivity index (χ0n) is 13.3. The number of hydrogen-bond donors (Lipinski definition) is 0. The summed E-state index contributed by atoms with van der Waals surface area (Å²) in [6.45, 7) is 3.67. The van der Waals surface area contributed by atoms with E-state index in [1.165, 1.54) is 18.5 Å². The maximum atomic E-state index is 13.2. The van der Waals surface area contributed by atoms with Crippen molar-refractivity contribution >= 4 is 16.3 Å². The van der Waals surface area contributed by atoms with Crippen LogP contribution in [0, 0.1) is 0 Å². The van der Waals surface area contributed by atoms with Crippen LogP contribution in [0.2, 0.25) is 0 Å². The molecule has 1 unspecified atom stereocenters. The third kappa shape index (κ3) is 3.16. The number of rotatable bonds is 6. The maximum Gasteiger partial charge on any atom is 0.249 e. The molecule has 0 amide bonds. The second-order valence-electron chi connectivity index (χ2n) is 5.43. The van der Waals surface area contributed by atoms with Gasteiger partial charge in [-0.2, -0.15) is 0 Å². The number of carbonyl (C=O) groups is 1. The van der Waals surface area contributed by atoms with Gasteiger partial charge in [-0.1, -0.05) is 42.5 Å². The van der Waals surface area contributed by atoms with Crippen LogP contribution in [0.25, 0.3) is 11.3 Å². The van der Waals surface area contributed by atoms with Crippen LogP contribution in [0.3, 0.4) is 0 Å². The first-order chi connectivity index (χ1) is 12.1. The van der Waals surface area contributed by atoms with E-state index in [4.69, 9.17) is 0 Å². The van der Waals surface area contributed by atoms with Gasteiger partial charge in [0.2, 0.25) is 10.0 Å². The van der Waals surface area contributed by atoms with Gasteiger partial charge in [0.1, 0.15) is 5.25 Å². The van der Waals surface area contributed by atoms with Gasteiger partial charge in [0.25, 0.3) is 0 Å². The zero-order valence-corrected chi connectivity index (χ0v) is 14.1. The molecule has 3 aromatic rings. The molecule has 126 valence electrons. The van der Waals surface area contributed by atoms with Crippen molar-refractivity contribution in [2.75, 3.05) is 0 Å². The molecular formula is C19H16N2O3S. The lowest BCUT2D eigenvalue weighted by atomic mass is 10.1. The van der Waals surface area contributed by atoms with Gasteiger partial charge in [-0.15, -0.1) is 6.58 Å². The van der Waals surface area contributed by atoms with Crippen LogP contribution in [0.1, 0.15) is 21.2 Å². The Hall–Kier alpha value is -2.99. The van der Waals surface area contributed by atoms with E-state index in [1.807, 2.05) is 18.2 Å². The van der Waals surface area contributed by atoms with Crippen molar-refractivity contribution in [2.45, 2.75) is 5.25 Å². The highest BCUT2D eigenvalue weighted by atomic mass is 32.2. The lowest BCUT2D eigenvalue weighted by molar-refractivity contribution is 0.112. The Kier molecular flexibility index (Phi) is 4.63. The van der Waals surface area contributed by atoms with Crippen LogP contribution in [0.15, 0.2) is 79.8 Å². The first kappa shape index (κ1) is 16.9. The predicted octanol–water partition coefficient (Wildman–Crippen LogP) is 3.47. The number of hydrogen-bond acceptors (Lipinski definition) is 4. The van der Waals surface area contributed by atoms with Crippen LogP contribution >= 0.6 is 0 Å². The highest BCUT2D eigenvalue weighted by molar-refractivity contribution is 7.90. The summed E-state index contributed by atoms with van der Waals surface area (Å²) in [5.74, 6) is 0. The molecule has 0 aliphatic rings. The minimum absolute atomic E-state index is 0.288. The number of benzene rings is 1. The molecule has 0 spiro atoms. The van der Waals surface area contributed by atoms with Gasteiger partial charge in [-0.05, 0) is 23.3 Å². The second kappa shape index (κ2) is 6.86. The molecular weight excluding hydrogens is 336 g/mol. The van der Waals surface area contributed by atoms with Crippen molar-refractivity contribution < 1.29 is 13.2 Å². The molecule has 0 radical (unpaired) electrons. The molecule has 1 atom stereocenters. The van der Waals surface area contributed by atoms with E-state index in [1.54, 1.807) is 36.5 Å². The normalized spacial score (nSPS) is 12.5. The summed E-state index contributed by atoms with van der Waals surface area (Å²) >= 11 is 0. The molecule has 2 heterocycles. The smallest absolute Gasteiger partial charge is 0.249 e. The van der Waals surface area contributed by atoms with E-state index in [0.29, 0.717) is 23.1 Å². The molecule has 1 aromatic carbocycles. The molecule has 0 fully saturated rings. The average Bonchev–Trinajstić information content (AvgIpc) is 3.09. The fourth-order valence-electron chi connectivity index (χ4n) is 2.65. The summed E-state index contributed by atoms with van der Waals surface area (Å²) in [5.41, 5.74) is 1.93. The molecule has 0 saturated carbocycles. The van der Waals surface area contributed by atoms with Crippen molar-refractivity contribution in [1.82, 2.24) is 8.96 Å². The van der Waals surface area contributed by atoms with E-state index in [9.17, 15) is 13.2 Å². The standard InChI is InChI=1S/C19H16N2O3S/c1-2-19(17-9-6-10-20-12-17)25(23,24)21-13-15(14-22)11-18(21)16-7-4-3-5-8-16/h2-14,19H,1H2. The fourth-order valence-corrected chi connectivity index (χ4v) is 4.33. The summed E-state index contributed by atoms with van der Waals surface area (Å²) in [5, 5.41) is -0.976. The SMILES string of the molecule is C=CC(c1cccnc1)S(=O)(=O)n1cc(C=O)cc1-c1ccccc1. The zero-order chi connectivity index (χ0) is 17.9. The molecule has 3 rings (SSSR count). The van der Waals surface area contributed by atoms with Crippen molar-refractivity contribution in [3.8, 4) is 11.3 Å². The van der Waals surface area contributed by atoms with Gasteiger partial charge in [0.15, 0.2) is 6.29 Å². The second-order valence-corrected chi connectivity index (χ2v) is 7.36. The van der Waals surface area contributed by atoms with E-state index < -0.39 is 15.3 Å². The predicted molar refractivity (Wildman–Crippen MR) is 96.7 cm³/mol. The fraction of sp³-hybridized carbons (Fsp3) is 0.0526. The number of carbonyl (C=O) groups excluding carboxylic acids is 1. The van der Waals surface area contributed by atoms with Crippen LogP contribution in [0.4, 0.5) is 0 Å². The number of aromatic nitrogens is 2. The Morgan fingerprint density at radius 2 is 1.88 bits per heavy atom. The number of aldehydes is 1. The molecule has 2 aromatic heterocycles. The summed E-state index contributed by atoms with van der Waals surface area (Å²) in [6, 6.07) is 14.0. The first-order valence-corrected chi connectivity index (χ1v) is 9.08. The van der Waals surface area contributed by atoms with Crippen molar-refractivity contribution in [3.05, 3.63) is 90.9 Å². The molecule has 0 aliphatic carbocycles. The molecule has 6 heteroatoms. The van der Waals surface area contributed by atoms with Crippen molar-refractivity contribution in [3.63, 3.8) is 0 Å². The first-order valence-electron chi connectivity index (χ1n) is 7.58. The quantitative estimate of drug-likeness (QED) is 0.503. The summed E-state index contributed by atoms with van der Waals surface area (Å²) < 4.78 is 27.6. The maximum absolute atomic E-state index is 13.2. The molecule has 0 bridgehead atoms. The van der Waals surface area contributed by atoms with Crippen molar-refractivity contribution in [1.29, 1.82) is 0 Å². The summed E-state index contributed by atoms with van der Waals surface area (Å²) in [7, 11) is -3.87. The summed E-state index contributed by atoms with van der Waals surface area (Å²) in [4.78, 5) is 15.2.